The normalized spacial score (nSPS) is 15.8. The summed E-state index contributed by atoms with van der Waals surface area (Å²) in [4.78, 5) is 39.1. The third-order valence-corrected chi connectivity index (χ3v) is 4.95. The summed E-state index contributed by atoms with van der Waals surface area (Å²) in [6, 6.07) is 13.0. The van der Waals surface area contributed by atoms with Crippen LogP contribution in [0.25, 0.3) is 0 Å². The summed E-state index contributed by atoms with van der Waals surface area (Å²) in [5, 5.41) is 5.64. The fourth-order valence-corrected chi connectivity index (χ4v) is 3.39. The van der Waals surface area contributed by atoms with Gasteiger partial charge >= 0.3 is 6.09 Å². The number of ether oxygens (including phenoxy) is 2. The zero-order chi connectivity index (χ0) is 23.3. The Bertz CT molecular complexity index is 965. The lowest BCUT2D eigenvalue weighted by atomic mass is 10.1. The predicted molar refractivity (Wildman–Crippen MR) is 122 cm³/mol. The van der Waals surface area contributed by atoms with Crippen molar-refractivity contribution in [3.8, 4) is 5.75 Å². The van der Waals surface area contributed by atoms with Crippen LogP contribution in [0.5, 0.6) is 5.75 Å². The van der Waals surface area contributed by atoms with E-state index in [-0.39, 0.29) is 11.8 Å². The van der Waals surface area contributed by atoms with Gasteiger partial charge in [0.2, 0.25) is 5.91 Å². The molecule has 3 rings (SSSR count). The molecular formula is C24H29N3O5. The predicted octanol–water partition coefficient (Wildman–Crippen LogP) is 4.29. The molecule has 8 nitrogen and oxygen atoms in total. The molecule has 0 radical (unpaired) electrons. The van der Waals surface area contributed by atoms with E-state index >= 15 is 0 Å². The summed E-state index contributed by atoms with van der Waals surface area (Å²) in [7, 11) is 1.58. The molecule has 2 N–H and O–H groups in total. The first kappa shape index (κ1) is 23.1. The molecule has 1 aliphatic rings. The molecule has 1 heterocycles. The van der Waals surface area contributed by atoms with E-state index in [4.69, 9.17) is 9.47 Å². The summed E-state index contributed by atoms with van der Waals surface area (Å²) >= 11 is 0. The van der Waals surface area contributed by atoms with E-state index in [2.05, 4.69) is 10.6 Å². The van der Waals surface area contributed by atoms with Gasteiger partial charge in [0.25, 0.3) is 5.91 Å². The Morgan fingerprint density at radius 1 is 0.938 bits per heavy atom. The quantitative estimate of drug-likeness (QED) is 0.725. The molecule has 1 fully saturated rings. The van der Waals surface area contributed by atoms with Gasteiger partial charge in [0.15, 0.2) is 0 Å². The number of amides is 3. The van der Waals surface area contributed by atoms with Gasteiger partial charge < -0.3 is 20.1 Å². The van der Waals surface area contributed by atoms with Crippen molar-refractivity contribution in [3.63, 3.8) is 0 Å². The highest BCUT2D eigenvalue weighted by molar-refractivity contribution is 6.05. The number of carbonyl (C=O) groups excluding carboxylic acids is 3. The number of likely N-dealkylation sites (tertiary alicyclic amines) is 1. The molecule has 0 unspecified atom stereocenters. The van der Waals surface area contributed by atoms with Crippen LogP contribution in [-0.2, 0) is 9.53 Å². The molecular weight excluding hydrogens is 410 g/mol. The van der Waals surface area contributed by atoms with Gasteiger partial charge in [-0.25, -0.2) is 4.79 Å². The van der Waals surface area contributed by atoms with Crippen molar-refractivity contribution in [1.29, 1.82) is 0 Å². The maximum Gasteiger partial charge on any atom is 0.410 e. The highest BCUT2D eigenvalue weighted by Gasteiger charge is 2.36. The summed E-state index contributed by atoms with van der Waals surface area (Å²) in [6.45, 7) is 5.87. The molecule has 0 bridgehead atoms. The average Bonchev–Trinajstić information content (AvgIpc) is 3.24. The number of nitrogens with one attached hydrogen (secondary N) is 2. The van der Waals surface area contributed by atoms with E-state index in [1.165, 1.54) is 4.90 Å². The summed E-state index contributed by atoms with van der Waals surface area (Å²) in [6.07, 6.45) is 0.829. The molecule has 0 aromatic heterocycles. The fraction of sp³-hybridized carbons (Fsp3) is 0.375. The monoisotopic (exact) mass is 439 g/mol. The van der Waals surface area contributed by atoms with Crippen molar-refractivity contribution in [2.24, 2.45) is 0 Å². The van der Waals surface area contributed by atoms with E-state index in [9.17, 15) is 14.4 Å². The SMILES string of the molecule is COc1ccc(NC(=O)c2ccc(NC(=O)[C@@H]3CCCN3C(=O)OC(C)(C)C)cc2)cc1. The second-order valence-electron chi connectivity index (χ2n) is 8.58. The Balaban J connectivity index is 1.59. The van der Waals surface area contributed by atoms with Gasteiger partial charge in [0.1, 0.15) is 17.4 Å². The average molecular weight is 440 g/mol. The van der Waals surface area contributed by atoms with Crippen molar-refractivity contribution in [3.05, 3.63) is 54.1 Å². The first-order valence-corrected chi connectivity index (χ1v) is 10.5. The number of hydrogen-bond acceptors (Lipinski definition) is 5. The van der Waals surface area contributed by atoms with E-state index in [0.717, 1.165) is 6.42 Å². The molecule has 8 heteroatoms. The molecule has 1 aliphatic heterocycles. The van der Waals surface area contributed by atoms with Crippen LogP contribution in [0.15, 0.2) is 48.5 Å². The minimum atomic E-state index is -0.622. The smallest absolute Gasteiger partial charge is 0.410 e. The van der Waals surface area contributed by atoms with Crippen molar-refractivity contribution in [2.75, 3.05) is 24.3 Å². The third kappa shape index (κ3) is 6.00. The Labute approximate surface area is 187 Å². The number of carbonyl (C=O) groups is 3. The van der Waals surface area contributed by atoms with E-state index < -0.39 is 17.7 Å². The van der Waals surface area contributed by atoms with Crippen molar-refractivity contribution in [1.82, 2.24) is 4.90 Å². The molecule has 170 valence electrons. The topological polar surface area (TPSA) is 97.0 Å². The lowest BCUT2D eigenvalue weighted by Gasteiger charge is -2.28. The van der Waals surface area contributed by atoms with Crippen LogP contribution < -0.4 is 15.4 Å². The molecule has 32 heavy (non-hydrogen) atoms. The molecule has 2 aromatic rings. The van der Waals surface area contributed by atoms with Crippen molar-refractivity contribution < 1.29 is 23.9 Å². The number of hydrogen-bond donors (Lipinski definition) is 2. The van der Waals surface area contributed by atoms with Gasteiger partial charge in [-0.15, -0.1) is 0 Å². The van der Waals surface area contributed by atoms with E-state index in [1.54, 1.807) is 76.4 Å². The molecule has 3 amide bonds. The Hall–Kier alpha value is -3.55. The van der Waals surface area contributed by atoms with Crippen LogP contribution in [0.1, 0.15) is 44.0 Å². The molecule has 2 aromatic carbocycles. The Morgan fingerprint density at radius 2 is 1.53 bits per heavy atom. The molecule has 1 saturated heterocycles. The molecule has 0 aliphatic carbocycles. The minimum Gasteiger partial charge on any atom is -0.497 e. The molecule has 0 spiro atoms. The Kier molecular flexibility index (Phi) is 7.02. The van der Waals surface area contributed by atoms with Crippen molar-refractivity contribution >= 4 is 29.3 Å². The third-order valence-electron chi connectivity index (χ3n) is 4.95. The summed E-state index contributed by atoms with van der Waals surface area (Å²) in [5.41, 5.74) is 1.03. The van der Waals surface area contributed by atoms with Crippen LogP contribution in [0, 0.1) is 0 Å². The minimum absolute atomic E-state index is 0.264. The number of methoxy groups -OCH3 is 1. The highest BCUT2D eigenvalue weighted by Crippen LogP contribution is 2.23. The highest BCUT2D eigenvalue weighted by atomic mass is 16.6. The van der Waals surface area contributed by atoms with Crippen LogP contribution >= 0.6 is 0 Å². The number of nitrogens with zero attached hydrogens (tertiary/aromatic N) is 1. The van der Waals surface area contributed by atoms with E-state index in [0.29, 0.717) is 35.7 Å². The van der Waals surface area contributed by atoms with Gasteiger partial charge in [-0.2, -0.15) is 0 Å². The Morgan fingerprint density at radius 3 is 2.12 bits per heavy atom. The van der Waals surface area contributed by atoms with Gasteiger partial charge in [0, 0.05) is 23.5 Å². The summed E-state index contributed by atoms with van der Waals surface area (Å²) < 4.78 is 10.5. The lowest BCUT2D eigenvalue weighted by molar-refractivity contribution is -0.120. The zero-order valence-electron chi connectivity index (χ0n) is 18.8. The number of benzene rings is 2. The maximum absolute atomic E-state index is 12.8. The van der Waals surface area contributed by atoms with Crippen LogP contribution in [0.3, 0.4) is 0 Å². The standard InChI is InChI=1S/C24H29N3O5/c1-24(2,3)32-23(30)27-15-5-6-20(27)22(29)26-17-9-7-16(8-10-17)21(28)25-18-11-13-19(31-4)14-12-18/h7-14,20H,5-6,15H2,1-4H3,(H,25,28)(H,26,29)/t20-/m0/s1. The molecule has 1 atom stereocenters. The molecule has 0 saturated carbocycles. The second kappa shape index (κ2) is 9.72. The second-order valence-corrected chi connectivity index (χ2v) is 8.58. The van der Waals surface area contributed by atoms with Gasteiger partial charge in [-0.05, 0) is 82.1 Å². The van der Waals surface area contributed by atoms with Gasteiger partial charge in [-0.1, -0.05) is 0 Å². The van der Waals surface area contributed by atoms with Crippen molar-refractivity contribution in [2.45, 2.75) is 45.3 Å². The number of rotatable bonds is 5. The number of anilines is 2. The van der Waals surface area contributed by atoms with Crippen LogP contribution in [-0.4, -0.2) is 48.1 Å². The first-order chi connectivity index (χ1) is 15.2. The summed E-state index contributed by atoms with van der Waals surface area (Å²) in [5.74, 6) is 0.166. The van der Waals surface area contributed by atoms with Crippen LogP contribution in [0.4, 0.5) is 16.2 Å². The first-order valence-electron chi connectivity index (χ1n) is 10.5. The zero-order valence-corrected chi connectivity index (χ0v) is 18.8. The largest absolute Gasteiger partial charge is 0.497 e. The van der Waals surface area contributed by atoms with Crippen LogP contribution in [0.2, 0.25) is 0 Å². The fourth-order valence-electron chi connectivity index (χ4n) is 3.39. The van der Waals surface area contributed by atoms with Gasteiger partial charge in [0.05, 0.1) is 7.11 Å². The lowest BCUT2D eigenvalue weighted by Crippen LogP contribution is -2.45. The maximum atomic E-state index is 12.8. The van der Waals surface area contributed by atoms with E-state index in [1.807, 2.05) is 0 Å². The van der Waals surface area contributed by atoms with Gasteiger partial charge in [-0.3, -0.25) is 14.5 Å².